The molecule has 0 aromatic carbocycles. The molecule has 15 heavy (non-hydrogen) atoms. The number of methoxy groups -OCH3 is 1. The van der Waals surface area contributed by atoms with Crippen LogP contribution in [0.15, 0.2) is 12.2 Å². The van der Waals surface area contributed by atoms with E-state index >= 15 is 0 Å². The Balaban J connectivity index is 2.61. The monoisotopic (exact) mass is 210 g/mol. The molecule has 0 heterocycles. The SMILES string of the molecule is C=C(C)[C@@H]1CC[C@@H](C)C[C@H]1CC(=O)OC. The van der Waals surface area contributed by atoms with Crippen LogP contribution in [-0.2, 0) is 9.53 Å². The predicted molar refractivity (Wildman–Crippen MR) is 61.4 cm³/mol. The van der Waals surface area contributed by atoms with Crippen LogP contribution in [0, 0.1) is 17.8 Å². The van der Waals surface area contributed by atoms with Crippen LogP contribution in [0.4, 0.5) is 0 Å². The summed E-state index contributed by atoms with van der Waals surface area (Å²) in [5, 5.41) is 0. The van der Waals surface area contributed by atoms with Gasteiger partial charge in [-0.1, -0.05) is 25.5 Å². The van der Waals surface area contributed by atoms with Gasteiger partial charge in [-0.05, 0) is 37.5 Å². The lowest BCUT2D eigenvalue weighted by atomic mass is 9.71. The van der Waals surface area contributed by atoms with E-state index in [9.17, 15) is 4.79 Å². The van der Waals surface area contributed by atoms with Gasteiger partial charge in [0.2, 0.25) is 0 Å². The smallest absolute Gasteiger partial charge is 0.305 e. The minimum absolute atomic E-state index is 0.0830. The van der Waals surface area contributed by atoms with Crippen molar-refractivity contribution >= 4 is 5.97 Å². The lowest BCUT2D eigenvalue weighted by Gasteiger charge is -2.34. The summed E-state index contributed by atoms with van der Waals surface area (Å²) < 4.78 is 4.75. The number of hydrogen-bond acceptors (Lipinski definition) is 2. The fourth-order valence-corrected chi connectivity index (χ4v) is 2.67. The Hall–Kier alpha value is -0.790. The lowest BCUT2D eigenvalue weighted by Crippen LogP contribution is -2.27. The van der Waals surface area contributed by atoms with Gasteiger partial charge in [0.15, 0.2) is 0 Å². The van der Waals surface area contributed by atoms with E-state index in [1.54, 1.807) is 0 Å². The van der Waals surface area contributed by atoms with Crippen molar-refractivity contribution in [1.82, 2.24) is 0 Å². The first-order valence-corrected chi connectivity index (χ1v) is 5.76. The molecule has 2 heteroatoms. The second-order valence-electron chi connectivity index (χ2n) is 4.91. The zero-order valence-electron chi connectivity index (χ0n) is 10.1. The topological polar surface area (TPSA) is 26.3 Å². The maximum atomic E-state index is 11.3. The maximum absolute atomic E-state index is 11.3. The molecule has 1 saturated carbocycles. The van der Waals surface area contributed by atoms with Crippen LogP contribution in [-0.4, -0.2) is 13.1 Å². The average Bonchev–Trinajstić information content (AvgIpc) is 2.17. The highest BCUT2D eigenvalue weighted by Crippen LogP contribution is 2.39. The Morgan fingerprint density at radius 1 is 1.47 bits per heavy atom. The van der Waals surface area contributed by atoms with Gasteiger partial charge in [0.25, 0.3) is 0 Å². The van der Waals surface area contributed by atoms with Crippen LogP contribution in [0.5, 0.6) is 0 Å². The van der Waals surface area contributed by atoms with E-state index in [1.165, 1.54) is 25.5 Å². The first-order valence-electron chi connectivity index (χ1n) is 5.76. The normalized spacial score (nSPS) is 31.0. The van der Waals surface area contributed by atoms with E-state index in [4.69, 9.17) is 4.74 Å². The third-order valence-corrected chi connectivity index (χ3v) is 3.53. The number of rotatable bonds is 3. The van der Waals surface area contributed by atoms with Gasteiger partial charge in [0.05, 0.1) is 7.11 Å². The summed E-state index contributed by atoms with van der Waals surface area (Å²) in [6.45, 7) is 8.37. The van der Waals surface area contributed by atoms with Gasteiger partial charge in [0, 0.05) is 6.42 Å². The molecule has 0 N–H and O–H groups in total. The van der Waals surface area contributed by atoms with Gasteiger partial charge in [-0.2, -0.15) is 0 Å². The number of ether oxygens (including phenoxy) is 1. The van der Waals surface area contributed by atoms with Gasteiger partial charge < -0.3 is 4.74 Å². The molecule has 0 bridgehead atoms. The molecule has 2 nitrogen and oxygen atoms in total. The molecular weight excluding hydrogens is 188 g/mol. The summed E-state index contributed by atoms with van der Waals surface area (Å²) in [5.41, 5.74) is 1.22. The van der Waals surface area contributed by atoms with Crippen LogP contribution >= 0.6 is 0 Å². The van der Waals surface area contributed by atoms with Gasteiger partial charge in [-0.15, -0.1) is 0 Å². The third kappa shape index (κ3) is 3.37. The molecule has 86 valence electrons. The van der Waals surface area contributed by atoms with E-state index in [1.807, 2.05) is 0 Å². The van der Waals surface area contributed by atoms with E-state index in [-0.39, 0.29) is 5.97 Å². The lowest BCUT2D eigenvalue weighted by molar-refractivity contribution is -0.142. The zero-order valence-corrected chi connectivity index (χ0v) is 10.1. The Morgan fingerprint density at radius 2 is 2.13 bits per heavy atom. The molecule has 1 rings (SSSR count). The molecule has 0 saturated heterocycles. The zero-order chi connectivity index (χ0) is 11.4. The highest BCUT2D eigenvalue weighted by atomic mass is 16.5. The number of carbonyl (C=O) groups excluding carboxylic acids is 1. The average molecular weight is 210 g/mol. The van der Waals surface area contributed by atoms with Gasteiger partial charge >= 0.3 is 5.97 Å². The standard InChI is InChI=1S/C13H22O2/c1-9(2)12-6-5-10(3)7-11(12)8-13(14)15-4/h10-12H,1,5-8H2,2-4H3/t10-,11+,12+/m1/s1. The molecule has 0 aromatic rings. The molecule has 3 atom stereocenters. The summed E-state index contributed by atoms with van der Waals surface area (Å²) in [6, 6.07) is 0. The third-order valence-electron chi connectivity index (χ3n) is 3.53. The van der Waals surface area contributed by atoms with Crippen molar-refractivity contribution < 1.29 is 9.53 Å². The largest absolute Gasteiger partial charge is 0.469 e. The summed E-state index contributed by atoms with van der Waals surface area (Å²) in [5.74, 6) is 1.61. The second-order valence-corrected chi connectivity index (χ2v) is 4.91. The van der Waals surface area contributed by atoms with Crippen LogP contribution in [0.2, 0.25) is 0 Å². The number of carbonyl (C=O) groups is 1. The number of esters is 1. The molecule has 0 amide bonds. The Labute approximate surface area is 92.7 Å². The summed E-state index contributed by atoms with van der Waals surface area (Å²) in [6.07, 6.45) is 4.12. The summed E-state index contributed by atoms with van der Waals surface area (Å²) in [7, 11) is 1.46. The molecule has 0 aliphatic heterocycles. The fourth-order valence-electron chi connectivity index (χ4n) is 2.67. The Bertz CT molecular complexity index is 245. The quantitative estimate of drug-likeness (QED) is 0.528. The summed E-state index contributed by atoms with van der Waals surface area (Å²) >= 11 is 0. The van der Waals surface area contributed by atoms with Crippen molar-refractivity contribution in [3.05, 3.63) is 12.2 Å². The predicted octanol–water partition coefficient (Wildman–Crippen LogP) is 3.18. The highest BCUT2D eigenvalue weighted by Gasteiger charge is 2.30. The van der Waals surface area contributed by atoms with Gasteiger partial charge in [-0.25, -0.2) is 0 Å². The van der Waals surface area contributed by atoms with Crippen molar-refractivity contribution in [2.75, 3.05) is 7.11 Å². The van der Waals surface area contributed by atoms with Gasteiger partial charge in [-0.3, -0.25) is 4.79 Å². The first-order chi connectivity index (χ1) is 7.04. The molecule has 1 fully saturated rings. The molecule has 0 aromatic heterocycles. The van der Waals surface area contributed by atoms with Crippen molar-refractivity contribution in [3.63, 3.8) is 0 Å². The maximum Gasteiger partial charge on any atom is 0.305 e. The van der Waals surface area contributed by atoms with Crippen LogP contribution < -0.4 is 0 Å². The molecule has 1 aliphatic carbocycles. The van der Waals surface area contributed by atoms with E-state index in [2.05, 4.69) is 20.4 Å². The van der Waals surface area contributed by atoms with Crippen LogP contribution in [0.1, 0.15) is 39.5 Å². The number of hydrogen-bond donors (Lipinski definition) is 0. The molecule has 1 aliphatic rings. The van der Waals surface area contributed by atoms with Crippen molar-refractivity contribution in [3.8, 4) is 0 Å². The van der Waals surface area contributed by atoms with E-state index < -0.39 is 0 Å². The second kappa shape index (κ2) is 5.34. The Morgan fingerprint density at radius 3 is 2.67 bits per heavy atom. The van der Waals surface area contributed by atoms with E-state index in [0.29, 0.717) is 18.3 Å². The van der Waals surface area contributed by atoms with Crippen molar-refractivity contribution in [2.45, 2.75) is 39.5 Å². The van der Waals surface area contributed by atoms with Crippen molar-refractivity contribution in [2.24, 2.45) is 17.8 Å². The molecule has 0 unspecified atom stereocenters. The van der Waals surface area contributed by atoms with Gasteiger partial charge in [0.1, 0.15) is 0 Å². The minimum atomic E-state index is -0.0830. The van der Waals surface area contributed by atoms with E-state index in [0.717, 1.165) is 12.3 Å². The minimum Gasteiger partial charge on any atom is -0.469 e. The van der Waals surface area contributed by atoms with Crippen LogP contribution in [0.25, 0.3) is 0 Å². The Kier molecular flexibility index (Phi) is 4.37. The first kappa shape index (κ1) is 12.3. The molecule has 0 radical (unpaired) electrons. The number of allylic oxidation sites excluding steroid dienone is 1. The molecule has 0 spiro atoms. The van der Waals surface area contributed by atoms with Crippen molar-refractivity contribution in [1.29, 1.82) is 0 Å². The fraction of sp³-hybridized carbons (Fsp3) is 0.769. The summed E-state index contributed by atoms with van der Waals surface area (Å²) in [4.78, 5) is 11.3. The molecular formula is C13H22O2. The highest BCUT2D eigenvalue weighted by molar-refractivity contribution is 5.69. The van der Waals surface area contributed by atoms with Crippen LogP contribution in [0.3, 0.4) is 0 Å².